The van der Waals surface area contributed by atoms with Crippen molar-refractivity contribution >= 4 is 5.91 Å². The van der Waals surface area contributed by atoms with E-state index in [4.69, 9.17) is 4.74 Å². The minimum atomic E-state index is -0.217. The van der Waals surface area contributed by atoms with Crippen LogP contribution in [-0.4, -0.2) is 41.0 Å². The molecule has 3 heterocycles. The Bertz CT molecular complexity index is 761. The molecule has 2 atom stereocenters. The van der Waals surface area contributed by atoms with Crippen LogP contribution >= 0.6 is 0 Å². The van der Waals surface area contributed by atoms with Crippen LogP contribution in [0, 0.1) is 0 Å². The topological polar surface area (TPSA) is 66.5 Å². The molecule has 26 heavy (non-hydrogen) atoms. The van der Waals surface area contributed by atoms with Crippen molar-refractivity contribution in [3.05, 3.63) is 59.9 Å². The molecule has 1 aromatic heterocycles. The first-order valence-electron chi connectivity index (χ1n) is 9.20. The summed E-state index contributed by atoms with van der Waals surface area (Å²) in [5.74, 6) is 1.06. The number of benzene rings is 1. The average molecular weight is 352 g/mol. The monoisotopic (exact) mass is 352 g/mol. The predicted octanol–water partition coefficient (Wildman–Crippen LogP) is 1.84. The van der Waals surface area contributed by atoms with Gasteiger partial charge in [-0.1, -0.05) is 31.2 Å². The summed E-state index contributed by atoms with van der Waals surface area (Å²) >= 11 is 0. The fraction of sp³-hybridized carbons (Fsp3) is 0.400. The first kappa shape index (κ1) is 17.0. The number of carbonyl (C=O) groups is 1. The van der Waals surface area contributed by atoms with Gasteiger partial charge in [-0.3, -0.25) is 9.78 Å². The third-order valence-corrected chi connectivity index (χ3v) is 5.05. The van der Waals surface area contributed by atoms with Gasteiger partial charge in [-0.2, -0.15) is 0 Å². The molecular weight excluding hydrogens is 328 g/mol. The molecule has 136 valence electrons. The van der Waals surface area contributed by atoms with Crippen LogP contribution in [0.3, 0.4) is 0 Å². The highest BCUT2D eigenvalue weighted by Crippen LogP contribution is 2.25. The predicted molar refractivity (Wildman–Crippen MR) is 98.5 cm³/mol. The number of nitrogens with one attached hydrogen (secondary N) is 2. The van der Waals surface area contributed by atoms with E-state index in [2.05, 4.69) is 28.8 Å². The van der Waals surface area contributed by atoms with Crippen molar-refractivity contribution in [1.29, 1.82) is 0 Å². The van der Waals surface area contributed by atoms with Crippen molar-refractivity contribution in [2.45, 2.75) is 38.0 Å². The van der Waals surface area contributed by atoms with Gasteiger partial charge in [0.1, 0.15) is 17.9 Å². The maximum absolute atomic E-state index is 12.7. The normalized spacial score (nSPS) is 22.9. The fourth-order valence-electron chi connectivity index (χ4n) is 3.50. The summed E-state index contributed by atoms with van der Waals surface area (Å²) in [6.07, 6.45) is 3.50. The molecule has 2 aromatic rings. The molecule has 6 nitrogen and oxygen atoms in total. The Hall–Kier alpha value is -2.44. The second-order valence-corrected chi connectivity index (χ2v) is 6.83. The number of pyridine rings is 1. The molecule has 6 heteroatoms. The molecule has 4 rings (SSSR count). The first-order chi connectivity index (χ1) is 12.7. The fourth-order valence-corrected chi connectivity index (χ4v) is 3.50. The number of hydrogen-bond donors (Lipinski definition) is 2. The zero-order valence-electron chi connectivity index (χ0n) is 14.9. The molecule has 0 spiro atoms. The molecule has 2 unspecified atom stereocenters. The van der Waals surface area contributed by atoms with Gasteiger partial charge in [-0.05, 0) is 36.6 Å². The summed E-state index contributed by atoms with van der Waals surface area (Å²) in [6, 6.07) is 13.8. The lowest BCUT2D eigenvalue weighted by molar-refractivity contribution is -0.142. The van der Waals surface area contributed by atoms with E-state index in [0.29, 0.717) is 19.5 Å². The molecule has 0 aliphatic carbocycles. The molecule has 2 N–H and O–H groups in total. The Balaban J connectivity index is 1.29. The molecule has 2 aliphatic heterocycles. The lowest BCUT2D eigenvalue weighted by Crippen LogP contribution is -2.60. The number of likely N-dealkylation sites (tertiary alicyclic amines) is 1. The van der Waals surface area contributed by atoms with Crippen LogP contribution < -0.4 is 15.6 Å². The Labute approximate surface area is 153 Å². The number of hydrazine groups is 1. The Kier molecular flexibility index (Phi) is 4.86. The SMILES string of the molecule is CCc1ccccc1OC1CN(C(=O)C2CC(c3ccccn3)NN2)C1. The summed E-state index contributed by atoms with van der Waals surface area (Å²) in [5.41, 5.74) is 8.46. The number of ether oxygens (including phenoxy) is 1. The Morgan fingerprint density at radius 1 is 1.19 bits per heavy atom. The van der Waals surface area contributed by atoms with E-state index in [-0.39, 0.29) is 24.1 Å². The van der Waals surface area contributed by atoms with Gasteiger partial charge in [0.05, 0.1) is 24.8 Å². The van der Waals surface area contributed by atoms with Gasteiger partial charge in [0, 0.05) is 6.20 Å². The lowest BCUT2D eigenvalue weighted by atomic mass is 10.0. The second kappa shape index (κ2) is 7.43. The van der Waals surface area contributed by atoms with Crippen LogP contribution in [0.2, 0.25) is 0 Å². The van der Waals surface area contributed by atoms with Crippen LogP contribution in [0.25, 0.3) is 0 Å². The summed E-state index contributed by atoms with van der Waals surface area (Å²) < 4.78 is 6.07. The minimum Gasteiger partial charge on any atom is -0.486 e. The first-order valence-corrected chi connectivity index (χ1v) is 9.20. The standard InChI is InChI=1S/C20H24N4O2/c1-2-14-7-3-4-9-19(14)26-15-12-24(13-15)20(25)18-11-17(22-23-18)16-8-5-6-10-21-16/h3-10,15,17-18,22-23H,2,11-13H2,1H3. The second-order valence-electron chi connectivity index (χ2n) is 6.83. The van der Waals surface area contributed by atoms with Crippen molar-refractivity contribution in [2.24, 2.45) is 0 Å². The van der Waals surface area contributed by atoms with Gasteiger partial charge in [-0.25, -0.2) is 10.9 Å². The van der Waals surface area contributed by atoms with Crippen LogP contribution in [0.4, 0.5) is 0 Å². The number of aromatic nitrogens is 1. The van der Waals surface area contributed by atoms with E-state index in [1.54, 1.807) is 6.20 Å². The van der Waals surface area contributed by atoms with Crippen molar-refractivity contribution in [1.82, 2.24) is 20.7 Å². The number of aryl methyl sites for hydroxylation is 1. The molecule has 2 aliphatic rings. The Morgan fingerprint density at radius 3 is 2.77 bits per heavy atom. The number of nitrogens with zero attached hydrogens (tertiary/aromatic N) is 2. The van der Waals surface area contributed by atoms with Gasteiger partial charge in [0.25, 0.3) is 0 Å². The molecule has 2 fully saturated rings. The number of hydrogen-bond acceptors (Lipinski definition) is 5. The third kappa shape index (κ3) is 3.43. The van der Waals surface area contributed by atoms with Gasteiger partial charge in [0.2, 0.25) is 5.91 Å². The summed E-state index contributed by atoms with van der Waals surface area (Å²) in [5, 5.41) is 0. The molecule has 0 radical (unpaired) electrons. The third-order valence-electron chi connectivity index (χ3n) is 5.05. The molecule has 1 amide bonds. The highest BCUT2D eigenvalue weighted by molar-refractivity contribution is 5.83. The highest BCUT2D eigenvalue weighted by Gasteiger charge is 2.39. The zero-order chi connectivity index (χ0) is 17.9. The van der Waals surface area contributed by atoms with Crippen LogP contribution in [0.5, 0.6) is 5.75 Å². The summed E-state index contributed by atoms with van der Waals surface area (Å²) in [6.45, 7) is 3.40. The number of para-hydroxylation sites is 1. The van der Waals surface area contributed by atoms with Gasteiger partial charge in [0.15, 0.2) is 0 Å². The van der Waals surface area contributed by atoms with Crippen LogP contribution in [0.1, 0.15) is 30.6 Å². The van der Waals surface area contributed by atoms with Crippen molar-refractivity contribution < 1.29 is 9.53 Å². The van der Waals surface area contributed by atoms with Gasteiger partial charge < -0.3 is 9.64 Å². The molecule has 0 bridgehead atoms. The maximum Gasteiger partial charge on any atom is 0.241 e. The Morgan fingerprint density at radius 2 is 2.00 bits per heavy atom. The molecular formula is C20H24N4O2. The smallest absolute Gasteiger partial charge is 0.241 e. The van der Waals surface area contributed by atoms with E-state index in [1.165, 1.54) is 5.56 Å². The summed E-state index contributed by atoms with van der Waals surface area (Å²) in [7, 11) is 0. The van der Waals surface area contributed by atoms with Crippen LogP contribution in [-0.2, 0) is 11.2 Å². The zero-order valence-corrected chi connectivity index (χ0v) is 14.9. The van der Waals surface area contributed by atoms with Crippen molar-refractivity contribution in [2.75, 3.05) is 13.1 Å². The van der Waals surface area contributed by atoms with Crippen molar-refractivity contribution in [3.63, 3.8) is 0 Å². The highest BCUT2D eigenvalue weighted by atomic mass is 16.5. The van der Waals surface area contributed by atoms with E-state index >= 15 is 0 Å². The largest absolute Gasteiger partial charge is 0.486 e. The van der Waals surface area contributed by atoms with Gasteiger partial charge >= 0.3 is 0 Å². The number of rotatable bonds is 5. The van der Waals surface area contributed by atoms with E-state index in [1.807, 2.05) is 41.3 Å². The average Bonchev–Trinajstić information content (AvgIpc) is 3.15. The quantitative estimate of drug-likeness (QED) is 0.860. The van der Waals surface area contributed by atoms with E-state index < -0.39 is 0 Å². The van der Waals surface area contributed by atoms with Crippen LogP contribution in [0.15, 0.2) is 48.7 Å². The van der Waals surface area contributed by atoms with Crippen molar-refractivity contribution in [3.8, 4) is 5.75 Å². The maximum atomic E-state index is 12.7. The number of amides is 1. The summed E-state index contributed by atoms with van der Waals surface area (Å²) in [4.78, 5) is 18.9. The molecule has 2 saturated heterocycles. The number of carbonyl (C=O) groups excluding carboxylic acids is 1. The minimum absolute atomic E-state index is 0.0647. The van der Waals surface area contributed by atoms with E-state index in [9.17, 15) is 4.79 Å². The lowest BCUT2D eigenvalue weighted by Gasteiger charge is -2.40. The van der Waals surface area contributed by atoms with Gasteiger partial charge in [-0.15, -0.1) is 0 Å². The van der Waals surface area contributed by atoms with E-state index in [0.717, 1.165) is 17.9 Å². The molecule has 1 aromatic carbocycles. The molecule has 0 saturated carbocycles.